The molecule has 6 heteroatoms. The molecular formula is C20H20F2N2O2. The number of carbonyl (C=O) groups excluding carboxylic acids is 2. The molecule has 1 atom stereocenters. The zero-order valence-corrected chi connectivity index (χ0v) is 14.5. The lowest BCUT2D eigenvalue weighted by Gasteiger charge is -2.17. The second-order valence-electron chi connectivity index (χ2n) is 6.50. The van der Waals surface area contributed by atoms with Gasteiger partial charge in [-0.2, -0.15) is 0 Å². The van der Waals surface area contributed by atoms with E-state index in [4.69, 9.17) is 0 Å². The van der Waals surface area contributed by atoms with Crippen LogP contribution in [-0.4, -0.2) is 24.9 Å². The summed E-state index contributed by atoms with van der Waals surface area (Å²) in [7, 11) is 0. The van der Waals surface area contributed by atoms with E-state index in [0.717, 1.165) is 29.3 Å². The molecule has 1 N–H and O–H groups in total. The van der Waals surface area contributed by atoms with E-state index in [1.807, 2.05) is 31.2 Å². The molecule has 1 saturated heterocycles. The van der Waals surface area contributed by atoms with Gasteiger partial charge in [0.25, 0.3) is 0 Å². The number of nitrogens with one attached hydrogen (secondary N) is 1. The van der Waals surface area contributed by atoms with E-state index in [9.17, 15) is 18.4 Å². The Labute approximate surface area is 150 Å². The third kappa shape index (κ3) is 4.07. The number of hydrogen-bond acceptors (Lipinski definition) is 2. The number of aryl methyl sites for hydroxylation is 1. The summed E-state index contributed by atoms with van der Waals surface area (Å²) in [5.41, 5.74) is 2.46. The molecule has 0 spiro atoms. The number of nitrogens with zero attached hydrogens (tertiary/aromatic N) is 1. The zero-order chi connectivity index (χ0) is 18.7. The molecular weight excluding hydrogens is 338 g/mol. The van der Waals surface area contributed by atoms with Crippen LogP contribution in [-0.2, 0) is 16.0 Å². The molecule has 0 bridgehead atoms. The summed E-state index contributed by atoms with van der Waals surface area (Å²) in [5, 5.41) is 2.85. The fourth-order valence-corrected chi connectivity index (χ4v) is 3.18. The highest BCUT2D eigenvalue weighted by Gasteiger charge is 2.35. The van der Waals surface area contributed by atoms with Crippen molar-refractivity contribution in [2.24, 2.45) is 5.92 Å². The number of amides is 2. The number of rotatable bonds is 5. The third-order valence-electron chi connectivity index (χ3n) is 4.61. The largest absolute Gasteiger partial charge is 0.355 e. The fraction of sp³-hybridized carbons (Fsp3) is 0.300. The predicted octanol–water partition coefficient (Wildman–Crippen LogP) is 2.99. The molecule has 2 aromatic carbocycles. The molecule has 3 rings (SSSR count). The lowest BCUT2D eigenvalue weighted by molar-refractivity contribution is -0.126. The SMILES string of the molecule is Cc1ccccc1CCNC(=O)C1CC(=O)N(c2cc(F)cc(F)c2)C1. The van der Waals surface area contributed by atoms with E-state index in [2.05, 4.69) is 5.32 Å². The Bertz CT molecular complexity index is 818. The summed E-state index contributed by atoms with van der Waals surface area (Å²) < 4.78 is 26.7. The number of carbonyl (C=O) groups is 2. The van der Waals surface area contributed by atoms with Gasteiger partial charge in [0, 0.05) is 31.3 Å². The van der Waals surface area contributed by atoms with Crippen LogP contribution in [0.5, 0.6) is 0 Å². The quantitative estimate of drug-likeness (QED) is 0.893. The minimum Gasteiger partial charge on any atom is -0.355 e. The molecule has 1 heterocycles. The third-order valence-corrected chi connectivity index (χ3v) is 4.61. The molecule has 0 radical (unpaired) electrons. The van der Waals surface area contributed by atoms with Crippen LogP contribution >= 0.6 is 0 Å². The first-order valence-electron chi connectivity index (χ1n) is 8.52. The smallest absolute Gasteiger partial charge is 0.227 e. The number of hydrogen-bond donors (Lipinski definition) is 1. The lowest BCUT2D eigenvalue weighted by Crippen LogP contribution is -2.34. The molecule has 0 saturated carbocycles. The van der Waals surface area contributed by atoms with Crippen molar-refractivity contribution in [1.82, 2.24) is 5.32 Å². The highest BCUT2D eigenvalue weighted by atomic mass is 19.1. The summed E-state index contributed by atoms with van der Waals surface area (Å²) in [4.78, 5) is 25.8. The van der Waals surface area contributed by atoms with E-state index in [1.165, 1.54) is 4.90 Å². The van der Waals surface area contributed by atoms with E-state index in [0.29, 0.717) is 13.0 Å². The van der Waals surface area contributed by atoms with Crippen LogP contribution in [0.2, 0.25) is 0 Å². The number of benzene rings is 2. The first-order valence-corrected chi connectivity index (χ1v) is 8.52. The lowest BCUT2D eigenvalue weighted by atomic mass is 10.1. The average Bonchev–Trinajstić information content (AvgIpc) is 2.97. The van der Waals surface area contributed by atoms with Crippen LogP contribution in [0, 0.1) is 24.5 Å². The van der Waals surface area contributed by atoms with Gasteiger partial charge in [0.2, 0.25) is 11.8 Å². The van der Waals surface area contributed by atoms with Crippen LogP contribution in [0.1, 0.15) is 17.5 Å². The molecule has 26 heavy (non-hydrogen) atoms. The molecule has 1 aliphatic heterocycles. The van der Waals surface area contributed by atoms with Crippen molar-refractivity contribution in [2.45, 2.75) is 19.8 Å². The van der Waals surface area contributed by atoms with Crippen LogP contribution in [0.25, 0.3) is 0 Å². The summed E-state index contributed by atoms with van der Waals surface area (Å²) in [5.74, 6) is -2.55. The van der Waals surface area contributed by atoms with Crippen LogP contribution in [0.15, 0.2) is 42.5 Å². The normalized spacial score (nSPS) is 16.8. The van der Waals surface area contributed by atoms with Crippen molar-refractivity contribution in [3.05, 3.63) is 65.2 Å². The van der Waals surface area contributed by atoms with Gasteiger partial charge < -0.3 is 10.2 Å². The summed E-state index contributed by atoms with van der Waals surface area (Å²) in [6.07, 6.45) is 0.742. The van der Waals surface area contributed by atoms with Crippen molar-refractivity contribution < 1.29 is 18.4 Å². The highest BCUT2D eigenvalue weighted by molar-refractivity contribution is 6.00. The molecule has 1 fully saturated rings. The van der Waals surface area contributed by atoms with Crippen molar-refractivity contribution in [3.63, 3.8) is 0 Å². The van der Waals surface area contributed by atoms with Gasteiger partial charge in [-0.15, -0.1) is 0 Å². The molecule has 1 aliphatic rings. The fourth-order valence-electron chi connectivity index (χ4n) is 3.18. The zero-order valence-electron chi connectivity index (χ0n) is 14.5. The van der Waals surface area contributed by atoms with E-state index in [-0.39, 0.29) is 30.5 Å². The van der Waals surface area contributed by atoms with Gasteiger partial charge in [-0.1, -0.05) is 24.3 Å². The van der Waals surface area contributed by atoms with Gasteiger partial charge in [-0.05, 0) is 36.6 Å². The van der Waals surface area contributed by atoms with Crippen molar-refractivity contribution >= 4 is 17.5 Å². The maximum Gasteiger partial charge on any atom is 0.227 e. The number of anilines is 1. The van der Waals surface area contributed by atoms with Gasteiger partial charge >= 0.3 is 0 Å². The second-order valence-corrected chi connectivity index (χ2v) is 6.50. The second kappa shape index (κ2) is 7.64. The van der Waals surface area contributed by atoms with Gasteiger partial charge in [0.1, 0.15) is 11.6 Å². The molecule has 0 aliphatic carbocycles. The molecule has 1 unspecified atom stereocenters. The Morgan fingerprint density at radius 1 is 1.19 bits per heavy atom. The van der Waals surface area contributed by atoms with Crippen LogP contribution in [0.3, 0.4) is 0 Å². The van der Waals surface area contributed by atoms with Crippen LogP contribution < -0.4 is 10.2 Å². The first kappa shape index (κ1) is 18.0. The molecule has 0 aromatic heterocycles. The van der Waals surface area contributed by atoms with E-state index < -0.39 is 17.6 Å². The Hall–Kier alpha value is -2.76. The van der Waals surface area contributed by atoms with Gasteiger partial charge in [-0.3, -0.25) is 9.59 Å². The van der Waals surface area contributed by atoms with Gasteiger partial charge in [-0.25, -0.2) is 8.78 Å². The predicted molar refractivity (Wildman–Crippen MR) is 94.7 cm³/mol. The minimum atomic E-state index is -0.751. The molecule has 2 amide bonds. The Morgan fingerprint density at radius 2 is 1.88 bits per heavy atom. The van der Waals surface area contributed by atoms with Crippen molar-refractivity contribution in [2.75, 3.05) is 18.0 Å². The maximum absolute atomic E-state index is 13.4. The topological polar surface area (TPSA) is 49.4 Å². The molecule has 2 aromatic rings. The first-order chi connectivity index (χ1) is 12.4. The standard InChI is InChI=1S/C20H20F2N2O2/c1-13-4-2-3-5-14(13)6-7-23-20(26)15-8-19(25)24(12-15)18-10-16(21)9-17(22)11-18/h2-5,9-11,15H,6-8,12H2,1H3,(H,23,26). The van der Waals surface area contributed by atoms with Gasteiger partial charge in [0.05, 0.1) is 5.92 Å². The maximum atomic E-state index is 13.4. The highest BCUT2D eigenvalue weighted by Crippen LogP contribution is 2.26. The van der Waals surface area contributed by atoms with E-state index >= 15 is 0 Å². The number of halogens is 2. The van der Waals surface area contributed by atoms with E-state index in [1.54, 1.807) is 0 Å². The summed E-state index contributed by atoms with van der Waals surface area (Å²) in [6, 6.07) is 10.9. The summed E-state index contributed by atoms with van der Waals surface area (Å²) >= 11 is 0. The molecule has 136 valence electrons. The minimum absolute atomic E-state index is 0.0360. The Kier molecular flexibility index (Phi) is 5.30. The Balaban J connectivity index is 1.58. The molecule has 4 nitrogen and oxygen atoms in total. The van der Waals surface area contributed by atoms with Crippen molar-refractivity contribution in [3.8, 4) is 0 Å². The van der Waals surface area contributed by atoms with Crippen LogP contribution in [0.4, 0.5) is 14.5 Å². The Morgan fingerprint density at radius 3 is 2.58 bits per heavy atom. The summed E-state index contributed by atoms with van der Waals surface area (Å²) in [6.45, 7) is 2.61. The van der Waals surface area contributed by atoms with Gasteiger partial charge in [0.15, 0.2) is 0 Å². The van der Waals surface area contributed by atoms with Crippen molar-refractivity contribution in [1.29, 1.82) is 0 Å². The monoisotopic (exact) mass is 358 g/mol. The average molecular weight is 358 g/mol.